The predicted molar refractivity (Wildman–Crippen MR) is 44.6 cm³/mol. The summed E-state index contributed by atoms with van der Waals surface area (Å²) in [6.07, 6.45) is 0.292. The third-order valence-corrected chi connectivity index (χ3v) is 2.32. The van der Waals surface area contributed by atoms with Crippen LogP contribution in [0.25, 0.3) is 0 Å². The van der Waals surface area contributed by atoms with E-state index >= 15 is 0 Å². The third kappa shape index (κ3) is 1.68. The number of carboxylic acid groups (broad SMARTS) is 2. The SMILES string of the molecule is C[C@H](C(=O)O)N1C(=O)CCC1C(=O)O. The molecule has 1 fully saturated rings. The molecule has 0 radical (unpaired) electrons. The fraction of sp³-hybridized carbons (Fsp3) is 0.625. The van der Waals surface area contributed by atoms with E-state index in [0.29, 0.717) is 0 Å². The molecular weight excluding hydrogens is 190 g/mol. The Morgan fingerprint density at radius 3 is 2.50 bits per heavy atom. The number of amides is 1. The Bertz CT molecular complexity index is 287. The van der Waals surface area contributed by atoms with Gasteiger partial charge in [0.25, 0.3) is 0 Å². The molecule has 1 heterocycles. The second kappa shape index (κ2) is 3.65. The molecule has 0 aliphatic carbocycles. The van der Waals surface area contributed by atoms with E-state index in [1.807, 2.05) is 0 Å². The highest BCUT2D eigenvalue weighted by Crippen LogP contribution is 2.21. The lowest BCUT2D eigenvalue weighted by molar-refractivity contribution is -0.154. The molecule has 1 amide bonds. The molecule has 0 aromatic rings. The van der Waals surface area contributed by atoms with Gasteiger partial charge in [-0.3, -0.25) is 4.79 Å². The average molecular weight is 201 g/mol. The summed E-state index contributed by atoms with van der Waals surface area (Å²) in [4.78, 5) is 33.5. The molecule has 0 spiro atoms. The molecule has 1 rings (SSSR count). The van der Waals surface area contributed by atoms with Crippen LogP contribution in [0.1, 0.15) is 19.8 Å². The largest absolute Gasteiger partial charge is 0.480 e. The average Bonchev–Trinajstić information content (AvgIpc) is 2.45. The van der Waals surface area contributed by atoms with Crippen molar-refractivity contribution in [3.63, 3.8) is 0 Å². The lowest BCUT2D eigenvalue weighted by Crippen LogP contribution is -2.47. The summed E-state index contributed by atoms with van der Waals surface area (Å²) in [7, 11) is 0. The smallest absolute Gasteiger partial charge is 0.326 e. The van der Waals surface area contributed by atoms with Gasteiger partial charge in [-0.05, 0) is 13.3 Å². The highest BCUT2D eigenvalue weighted by molar-refractivity contribution is 5.91. The zero-order valence-electron chi connectivity index (χ0n) is 7.64. The van der Waals surface area contributed by atoms with E-state index in [9.17, 15) is 14.4 Å². The molecule has 0 saturated carbocycles. The maximum Gasteiger partial charge on any atom is 0.326 e. The molecule has 78 valence electrons. The highest BCUT2D eigenvalue weighted by Gasteiger charge is 2.41. The fourth-order valence-corrected chi connectivity index (χ4v) is 1.55. The molecule has 0 bridgehead atoms. The summed E-state index contributed by atoms with van der Waals surface area (Å²) in [5.41, 5.74) is 0. The summed E-state index contributed by atoms with van der Waals surface area (Å²) in [6, 6.07) is -2.07. The van der Waals surface area contributed by atoms with E-state index in [1.54, 1.807) is 0 Å². The molecule has 14 heavy (non-hydrogen) atoms. The zero-order valence-corrected chi connectivity index (χ0v) is 7.64. The van der Waals surface area contributed by atoms with Gasteiger partial charge in [-0.2, -0.15) is 0 Å². The third-order valence-electron chi connectivity index (χ3n) is 2.32. The number of rotatable bonds is 3. The van der Waals surface area contributed by atoms with Gasteiger partial charge in [0, 0.05) is 6.42 Å². The van der Waals surface area contributed by atoms with E-state index in [0.717, 1.165) is 4.90 Å². The Hall–Kier alpha value is -1.59. The molecule has 1 unspecified atom stereocenters. The highest BCUT2D eigenvalue weighted by atomic mass is 16.4. The van der Waals surface area contributed by atoms with Crippen molar-refractivity contribution >= 4 is 17.8 Å². The molecule has 2 N–H and O–H groups in total. The van der Waals surface area contributed by atoms with Crippen LogP contribution in [0.5, 0.6) is 0 Å². The summed E-state index contributed by atoms with van der Waals surface area (Å²) < 4.78 is 0. The second-order valence-corrected chi connectivity index (χ2v) is 3.21. The van der Waals surface area contributed by atoms with Gasteiger partial charge in [-0.25, -0.2) is 9.59 Å². The molecule has 0 aromatic heterocycles. The Labute approximate surface area is 80.1 Å². The van der Waals surface area contributed by atoms with Gasteiger partial charge in [0.15, 0.2) is 0 Å². The predicted octanol–water partition coefficient (Wildman–Crippen LogP) is -0.465. The van der Waals surface area contributed by atoms with Crippen LogP contribution in [0.15, 0.2) is 0 Å². The molecule has 1 aliphatic heterocycles. The van der Waals surface area contributed by atoms with Gasteiger partial charge in [0.05, 0.1) is 0 Å². The topological polar surface area (TPSA) is 94.9 Å². The minimum absolute atomic E-state index is 0.106. The minimum Gasteiger partial charge on any atom is -0.480 e. The Kier molecular flexibility index (Phi) is 2.73. The number of hydrogen-bond donors (Lipinski definition) is 2. The maximum atomic E-state index is 11.2. The molecule has 2 atom stereocenters. The number of carbonyl (C=O) groups excluding carboxylic acids is 1. The van der Waals surface area contributed by atoms with E-state index in [2.05, 4.69) is 0 Å². The lowest BCUT2D eigenvalue weighted by atomic mass is 10.2. The minimum atomic E-state index is -1.19. The Balaban J connectivity index is 2.87. The number of carbonyl (C=O) groups is 3. The zero-order chi connectivity index (χ0) is 10.9. The van der Waals surface area contributed by atoms with Gasteiger partial charge in [0.2, 0.25) is 5.91 Å². The number of nitrogens with zero attached hydrogens (tertiary/aromatic N) is 1. The molecule has 1 saturated heterocycles. The van der Waals surface area contributed by atoms with Gasteiger partial charge in [0.1, 0.15) is 12.1 Å². The van der Waals surface area contributed by atoms with E-state index in [4.69, 9.17) is 10.2 Å². The summed E-state index contributed by atoms with van der Waals surface area (Å²) in [5.74, 6) is -2.75. The van der Waals surface area contributed by atoms with Crippen LogP contribution in [0.4, 0.5) is 0 Å². The summed E-state index contributed by atoms with van der Waals surface area (Å²) in [5, 5.41) is 17.4. The first-order valence-electron chi connectivity index (χ1n) is 4.22. The monoisotopic (exact) mass is 201 g/mol. The van der Waals surface area contributed by atoms with Crippen LogP contribution in [0.2, 0.25) is 0 Å². The van der Waals surface area contributed by atoms with E-state index < -0.39 is 29.9 Å². The van der Waals surface area contributed by atoms with Crippen molar-refractivity contribution in [2.45, 2.75) is 31.8 Å². The van der Waals surface area contributed by atoms with Crippen molar-refractivity contribution in [3.8, 4) is 0 Å². The molecule has 6 nitrogen and oxygen atoms in total. The summed E-state index contributed by atoms with van der Waals surface area (Å²) >= 11 is 0. The van der Waals surface area contributed by atoms with Crippen molar-refractivity contribution in [1.82, 2.24) is 4.90 Å². The van der Waals surface area contributed by atoms with Gasteiger partial charge >= 0.3 is 11.9 Å². The van der Waals surface area contributed by atoms with Gasteiger partial charge in [-0.15, -0.1) is 0 Å². The Morgan fingerprint density at radius 2 is 2.07 bits per heavy atom. The molecule has 6 heteroatoms. The molecular formula is C8H11NO5. The van der Waals surface area contributed by atoms with E-state index in [1.165, 1.54) is 6.92 Å². The van der Waals surface area contributed by atoms with Gasteiger partial charge < -0.3 is 15.1 Å². The maximum absolute atomic E-state index is 11.2. The number of aliphatic carboxylic acids is 2. The quantitative estimate of drug-likeness (QED) is 0.644. The first-order chi connectivity index (χ1) is 6.45. The van der Waals surface area contributed by atoms with Crippen molar-refractivity contribution in [1.29, 1.82) is 0 Å². The molecule has 0 aromatic carbocycles. The normalized spacial score (nSPS) is 23.6. The summed E-state index contributed by atoms with van der Waals surface area (Å²) in [6.45, 7) is 1.31. The van der Waals surface area contributed by atoms with Crippen molar-refractivity contribution in [2.24, 2.45) is 0 Å². The number of hydrogen-bond acceptors (Lipinski definition) is 3. The van der Waals surface area contributed by atoms with Crippen molar-refractivity contribution < 1.29 is 24.6 Å². The Morgan fingerprint density at radius 1 is 1.50 bits per heavy atom. The molecule has 1 aliphatic rings. The van der Waals surface area contributed by atoms with Crippen molar-refractivity contribution in [3.05, 3.63) is 0 Å². The first-order valence-corrected chi connectivity index (χ1v) is 4.22. The van der Waals surface area contributed by atoms with E-state index in [-0.39, 0.29) is 12.8 Å². The van der Waals surface area contributed by atoms with Crippen molar-refractivity contribution in [2.75, 3.05) is 0 Å². The van der Waals surface area contributed by atoms with Crippen LogP contribution < -0.4 is 0 Å². The van der Waals surface area contributed by atoms with Gasteiger partial charge in [-0.1, -0.05) is 0 Å². The fourth-order valence-electron chi connectivity index (χ4n) is 1.55. The van der Waals surface area contributed by atoms with Crippen LogP contribution in [0.3, 0.4) is 0 Å². The standard InChI is InChI=1S/C8H11NO5/c1-4(7(11)12)9-5(8(13)14)2-3-6(9)10/h4-5H,2-3H2,1H3,(H,11,12)(H,13,14)/t4-,5?/m1/s1. The number of carboxylic acids is 2. The number of likely N-dealkylation sites (tertiary alicyclic amines) is 1. The van der Waals surface area contributed by atoms with Crippen LogP contribution in [-0.2, 0) is 14.4 Å². The first kappa shape index (κ1) is 10.5. The van der Waals surface area contributed by atoms with Crippen LogP contribution in [0, 0.1) is 0 Å². The van der Waals surface area contributed by atoms with Crippen LogP contribution >= 0.6 is 0 Å². The van der Waals surface area contributed by atoms with Crippen LogP contribution in [-0.4, -0.2) is 45.0 Å². The lowest BCUT2D eigenvalue weighted by Gasteiger charge is -2.25. The second-order valence-electron chi connectivity index (χ2n) is 3.21.